The second-order valence-corrected chi connectivity index (χ2v) is 5.99. The van der Waals surface area contributed by atoms with Gasteiger partial charge in [-0.05, 0) is 0 Å². The Morgan fingerprint density at radius 1 is 0.714 bits per heavy atom. The van der Waals surface area contributed by atoms with E-state index in [1.165, 1.54) is 0 Å². The first-order chi connectivity index (χ1) is 13.7. The van der Waals surface area contributed by atoms with E-state index < -0.39 is 30.7 Å². The van der Waals surface area contributed by atoms with Crippen LogP contribution >= 0.6 is 0 Å². The molecule has 0 spiro atoms. The first-order valence-electron chi connectivity index (χ1n) is 9.35. The van der Waals surface area contributed by atoms with Gasteiger partial charge in [-0.1, -0.05) is 24.3 Å². The fourth-order valence-electron chi connectivity index (χ4n) is 2.77. The van der Waals surface area contributed by atoms with Crippen LogP contribution < -0.4 is 0 Å². The first-order valence-corrected chi connectivity index (χ1v) is 9.35. The molecule has 0 bridgehead atoms. The summed E-state index contributed by atoms with van der Waals surface area (Å²) in [6.45, 7) is 17.3. The predicted octanol–water partition coefficient (Wildman–Crippen LogP) is 2.29. The molecular weight excluding hydrogens is 364 g/mol. The maximum atomic E-state index is 6.15. The van der Waals surface area contributed by atoms with E-state index in [-0.39, 0.29) is 0 Å². The molecule has 7 heteroatoms. The van der Waals surface area contributed by atoms with Crippen LogP contribution in [0, 0.1) is 0 Å². The highest BCUT2D eigenvalue weighted by Gasteiger charge is 2.48. The lowest BCUT2D eigenvalue weighted by molar-refractivity contribution is -0.320. The molecule has 1 rings (SSSR count). The van der Waals surface area contributed by atoms with Gasteiger partial charge in [-0.15, -0.1) is 26.3 Å². The molecule has 0 saturated carbocycles. The largest absolute Gasteiger partial charge is 0.382 e. The monoisotopic (exact) mass is 398 g/mol. The van der Waals surface area contributed by atoms with Crippen LogP contribution in [0.2, 0.25) is 0 Å². The molecule has 160 valence electrons. The summed E-state index contributed by atoms with van der Waals surface area (Å²) < 4.78 is 40.6. The highest BCUT2D eigenvalue weighted by Crippen LogP contribution is 2.29. The van der Waals surface area contributed by atoms with E-state index in [4.69, 9.17) is 33.2 Å². The Labute approximate surface area is 168 Å². The number of rotatable bonds is 17. The summed E-state index contributed by atoms with van der Waals surface area (Å²) in [7, 11) is 1.61. The van der Waals surface area contributed by atoms with Crippen molar-refractivity contribution >= 4 is 0 Å². The average Bonchev–Trinajstić information content (AvgIpc) is 2.70. The average molecular weight is 398 g/mol. The van der Waals surface area contributed by atoms with Crippen LogP contribution in [0.4, 0.5) is 0 Å². The number of hydrogen-bond donors (Lipinski definition) is 0. The molecule has 1 fully saturated rings. The smallest absolute Gasteiger partial charge is 0.187 e. The van der Waals surface area contributed by atoms with Crippen molar-refractivity contribution in [2.45, 2.75) is 30.7 Å². The van der Waals surface area contributed by atoms with Crippen LogP contribution in [0.1, 0.15) is 0 Å². The van der Waals surface area contributed by atoms with Gasteiger partial charge >= 0.3 is 0 Å². The highest BCUT2D eigenvalue weighted by atomic mass is 16.7. The lowest BCUT2D eigenvalue weighted by atomic mass is 9.98. The van der Waals surface area contributed by atoms with E-state index >= 15 is 0 Å². The molecule has 0 amide bonds. The summed E-state index contributed by atoms with van der Waals surface area (Å²) in [6.07, 6.45) is 4.15. The molecule has 0 N–H and O–H groups in total. The normalized spacial score (nSPS) is 27.2. The van der Waals surface area contributed by atoms with Crippen LogP contribution in [-0.4, -0.2) is 84.1 Å². The van der Waals surface area contributed by atoms with Gasteiger partial charge in [-0.25, -0.2) is 0 Å². The molecule has 1 aliphatic rings. The maximum Gasteiger partial charge on any atom is 0.187 e. The van der Waals surface area contributed by atoms with Crippen molar-refractivity contribution in [1.29, 1.82) is 0 Å². The Hall–Kier alpha value is -1.32. The highest BCUT2D eigenvalue weighted by molar-refractivity contribution is 4.94. The van der Waals surface area contributed by atoms with Gasteiger partial charge in [-0.2, -0.15) is 0 Å². The van der Waals surface area contributed by atoms with E-state index in [9.17, 15) is 0 Å². The van der Waals surface area contributed by atoms with Crippen LogP contribution in [0.3, 0.4) is 0 Å². The Balaban J connectivity index is 3.05. The molecular formula is C21H34O7. The Morgan fingerprint density at radius 2 is 1.29 bits per heavy atom. The zero-order valence-electron chi connectivity index (χ0n) is 16.8. The summed E-state index contributed by atoms with van der Waals surface area (Å²) in [5, 5.41) is 0. The third-order valence-corrected chi connectivity index (χ3v) is 3.90. The predicted molar refractivity (Wildman–Crippen MR) is 107 cm³/mol. The Kier molecular flexibility index (Phi) is 13.8. The Morgan fingerprint density at radius 3 is 1.86 bits per heavy atom. The fourth-order valence-corrected chi connectivity index (χ4v) is 2.77. The van der Waals surface area contributed by atoms with Crippen molar-refractivity contribution in [3.8, 4) is 0 Å². The summed E-state index contributed by atoms with van der Waals surface area (Å²) in [5.41, 5.74) is 0. The standard InChI is InChI=1S/C21H34O7/c1-6-10-23-16-17-18(24-11-7-2)19(25-12-8-3)20(26-13-9-4)21(28-17)27-15-14-22-5/h6-9,17-21H,1-4,10-16H2,5H3/t17-,18-,19+,20+,21?/m1/s1. The van der Waals surface area contributed by atoms with Gasteiger partial charge < -0.3 is 33.2 Å². The first kappa shape index (κ1) is 24.7. The molecule has 1 saturated heterocycles. The number of methoxy groups -OCH3 is 1. The zero-order chi connectivity index (χ0) is 20.6. The molecule has 0 aromatic carbocycles. The maximum absolute atomic E-state index is 6.15. The topological polar surface area (TPSA) is 64.6 Å². The second-order valence-electron chi connectivity index (χ2n) is 5.99. The van der Waals surface area contributed by atoms with E-state index in [1.54, 1.807) is 31.4 Å². The Bertz CT molecular complexity index is 454. The molecule has 0 aromatic heterocycles. The minimum atomic E-state index is -0.675. The van der Waals surface area contributed by atoms with Crippen LogP contribution in [0.25, 0.3) is 0 Å². The van der Waals surface area contributed by atoms with Crippen molar-refractivity contribution in [1.82, 2.24) is 0 Å². The minimum absolute atomic E-state index is 0.292. The fraction of sp³-hybridized carbons (Fsp3) is 0.619. The number of hydrogen-bond acceptors (Lipinski definition) is 7. The van der Waals surface area contributed by atoms with E-state index in [2.05, 4.69) is 26.3 Å². The van der Waals surface area contributed by atoms with Crippen LogP contribution in [0.15, 0.2) is 50.6 Å². The van der Waals surface area contributed by atoms with E-state index in [1.807, 2.05) is 0 Å². The van der Waals surface area contributed by atoms with Gasteiger partial charge in [0.1, 0.15) is 24.4 Å². The van der Waals surface area contributed by atoms with Gasteiger partial charge in [0.25, 0.3) is 0 Å². The lowest BCUT2D eigenvalue weighted by Crippen LogP contribution is -2.62. The molecule has 0 aromatic rings. The zero-order valence-corrected chi connectivity index (χ0v) is 16.8. The quantitative estimate of drug-likeness (QED) is 0.275. The molecule has 7 nitrogen and oxygen atoms in total. The van der Waals surface area contributed by atoms with Gasteiger partial charge in [0.05, 0.1) is 46.2 Å². The van der Waals surface area contributed by atoms with Gasteiger partial charge in [-0.3, -0.25) is 0 Å². The molecule has 0 radical (unpaired) electrons. The molecule has 1 heterocycles. The van der Waals surface area contributed by atoms with Gasteiger partial charge in [0, 0.05) is 7.11 Å². The second kappa shape index (κ2) is 15.6. The van der Waals surface area contributed by atoms with Crippen molar-refractivity contribution in [3.63, 3.8) is 0 Å². The molecule has 5 atom stereocenters. The van der Waals surface area contributed by atoms with E-state index in [0.29, 0.717) is 46.2 Å². The van der Waals surface area contributed by atoms with Crippen molar-refractivity contribution in [3.05, 3.63) is 50.6 Å². The summed E-state index contributed by atoms with van der Waals surface area (Å²) in [5.74, 6) is 0. The van der Waals surface area contributed by atoms with Crippen LogP contribution in [0.5, 0.6) is 0 Å². The third-order valence-electron chi connectivity index (χ3n) is 3.90. The summed E-state index contributed by atoms with van der Waals surface area (Å²) >= 11 is 0. The molecule has 1 unspecified atom stereocenters. The molecule has 28 heavy (non-hydrogen) atoms. The molecule has 1 aliphatic heterocycles. The SMILES string of the molecule is C=CCOC[C@H]1OC(OCCOC)[C@@H](OCC=C)[C@@H](OCC=C)[C@@H]1OCC=C. The summed E-state index contributed by atoms with van der Waals surface area (Å²) in [4.78, 5) is 0. The lowest BCUT2D eigenvalue weighted by Gasteiger charge is -2.45. The summed E-state index contributed by atoms with van der Waals surface area (Å²) in [6, 6.07) is 0. The van der Waals surface area contributed by atoms with Crippen molar-refractivity contribution < 1.29 is 33.2 Å². The van der Waals surface area contributed by atoms with Crippen LogP contribution in [-0.2, 0) is 33.2 Å². The van der Waals surface area contributed by atoms with Gasteiger partial charge in [0.2, 0.25) is 0 Å². The van der Waals surface area contributed by atoms with E-state index in [0.717, 1.165) is 0 Å². The minimum Gasteiger partial charge on any atom is -0.382 e. The van der Waals surface area contributed by atoms with Gasteiger partial charge in [0.15, 0.2) is 6.29 Å². The third kappa shape index (κ3) is 8.36. The van der Waals surface area contributed by atoms with Crippen molar-refractivity contribution in [2.24, 2.45) is 0 Å². The molecule has 0 aliphatic carbocycles. The number of ether oxygens (including phenoxy) is 7. The van der Waals surface area contributed by atoms with Crippen molar-refractivity contribution in [2.75, 3.05) is 53.4 Å².